The first-order chi connectivity index (χ1) is 20.3. The zero-order valence-electron chi connectivity index (χ0n) is 23.1. The van der Waals surface area contributed by atoms with E-state index in [4.69, 9.17) is 9.15 Å². The molecule has 1 spiro atoms. The van der Waals surface area contributed by atoms with Crippen molar-refractivity contribution >= 4 is 40.3 Å². The summed E-state index contributed by atoms with van der Waals surface area (Å²) in [4.78, 5) is 51.5. The molecule has 9 heteroatoms. The number of fused-ring (bicyclic) bond motifs is 3. The maximum atomic E-state index is 13.4. The Morgan fingerprint density at radius 3 is 2.60 bits per heavy atom. The number of hydrogen-bond donors (Lipinski definition) is 2. The highest BCUT2D eigenvalue weighted by atomic mass is 16.5. The number of nitrogens with one attached hydrogen (secondary N) is 2. The minimum atomic E-state index is -1.000. The molecular formula is C33H31N3O6. The van der Waals surface area contributed by atoms with Gasteiger partial charge < -0.3 is 14.5 Å². The summed E-state index contributed by atoms with van der Waals surface area (Å²) in [5.41, 5.74) is 3.62. The van der Waals surface area contributed by atoms with E-state index in [9.17, 15) is 19.2 Å². The second kappa shape index (κ2) is 8.31. The van der Waals surface area contributed by atoms with E-state index in [1.165, 1.54) is 32.1 Å². The number of carbonyl (C=O) groups is 4. The van der Waals surface area contributed by atoms with Crippen LogP contribution >= 0.6 is 0 Å². The molecule has 1 aromatic heterocycles. The van der Waals surface area contributed by atoms with Crippen molar-refractivity contribution in [1.29, 1.82) is 0 Å². The van der Waals surface area contributed by atoms with Gasteiger partial charge in [-0.15, -0.1) is 0 Å². The molecule has 6 aliphatic rings. The largest absolute Gasteiger partial charge is 0.459 e. The van der Waals surface area contributed by atoms with Crippen LogP contribution in [0.5, 0.6) is 0 Å². The molecule has 9 nitrogen and oxygen atoms in total. The van der Waals surface area contributed by atoms with Crippen molar-refractivity contribution in [3.05, 3.63) is 64.9 Å². The highest BCUT2D eigenvalue weighted by Gasteiger charge is 2.77. The molecule has 2 aromatic carbocycles. The number of rotatable bonds is 7. The standard InChI is InChI=1S/C33H31N3O6/c37-27-7-5-25(29(38)35-27)36-30(39)23-2-1-3-24(28(23)31(36)40)34-14-22-9-18-8-17(4-6-26(18)42-22)15-41-32-12-20-10-19-11-21(13-32)33(19,20)16-32/h1-4,6,8-9,19-21,25,34H,5,7,10-16H2,(H,35,37,38). The summed E-state index contributed by atoms with van der Waals surface area (Å²) >= 11 is 0. The van der Waals surface area contributed by atoms with Crippen molar-refractivity contribution in [3.8, 4) is 0 Å². The number of ether oxygens (including phenoxy) is 1. The lowest BCUT2D eigenvalue weighted by atomic mass is 9.38. The summed E-state index contributed by atoms with van der Waals surface area (Å²) in [6.07, 6.45) is 6.80. The molecule has 2 aliphatic heterocycles. The summed E-state index contributed by atoms with van der Waals surface area (Å²) in [6.45, 7) is 0.927. The third kappa shape index (κ3) is 3.23. The lowest BCUT2D eigenvalue weighted by Crippen LogP contribution is -2.59. The van der Waals surface area contributed by atoms with E-state index in [2.05, 4.69) is 22.8 Å². The topological polar surface area (TPSA) is 118 Å². The molecular weight excluding hydrogens is 534 g/mol. The van der Waals surface area contributed by atoms with E-state index >= 15 is 0 Å². The number of nitrogens with zero attached hydrogens (tertiary/aromatic N) is 1. The number of hydrogen-bond acceptors (Lipinski definition) is 7. The van der Waals surface area contributed by atoms with Crippen LogP contribution in [0.3, 0.4) is 0 Å². The van der Waals surface area contributed by atoms with Crippen LogP contribution < -0.4 is 10.6 Å². The van der Waals surface area contributed by atoms with Gasteiger partial charge >= 0.3 is 0 Å². The fourth-order valence-corrected chi connectivity index (χ4v) is 9.58. The maximum absolute atomic E-state index is 13.4. The molecule has 214 valence electrons. The van der Waals surface area contributed by atoms with Gasteiger partial charge in [-0.2, -0.15) is 0 Å². The van der Waals surface area contributed by atoms with Crippen LogP contribution in [-0.2, 0) is 27.5 Å². The lowest BCUT2D eigenvalue weighted by molar-refractivity contribution is -0.183. The summed E-state index contributed by atoms with van der Waals surface area (Å²) in [5, 5.41) is 6.48. The van der Waals surface area contributed by atoms with Crippen molar-refractivity contribution in [2.75, 3.05) is 5.32 Å². The number of benzene rings is 2. The van der Waals surface area contributed by atoms with Gasteiger partial charge in [0.15, 0.2) is 0 Å². The van der Waals surface area contributed by atoms with Crippen LogP contribution in [0.15, 0.2) is 46.9 Å². The molecule has 2 N–H and O–H groups in total. The summed E-state index contributed by atoms with van der Waals surface area (Å²) < 4.78 is 12.8. The zero-order valence-corrected chi connectivity index (χ0v) is 23.1. The Morgan fingerprint density at radius 2 is 1.83 bits per heavy atom. The predicted molar refractivity (Wildman–Crippen MR) is 150 cm³/mol. The quantitative estimate of drug-likeness (QED) is 0.404. The highest BCUT2D eigenvalue weighted by molar-refractivity contribution is 6.25. The molecule has 4 aliphatic carbocycles. The Balaban J connectivity index is 0.894. The summed E-state index contributed by atoms with van der Waals surface area (Å²) in [5.74, 6) is 1.40. The molecule has 42 heavy (non-hydrogen) atoms. The summed E-state index contributed by atoms with van der Waals surface area (Å²) in [7, 11) is 0. The molecule has 4 saturated carbocycles. The Morgan fingerprint density at radius 1 is 1.00 bits per heavy atom. The van der Waals surface area contributed by atoms with Crippen molar-refractivity contribution in [2.24, 2.45) is 23.2 Å². The van der Waals surface area contributed by atoms with Gasteiger partial charge in [0.1, 0.15) is 17.4 Å². The number of carbonyl (C=O) groups excluding carboxylic acids is 4. The first-order valence-electron chi connectivity index (χ1n) is 15.1. The van der Waals surface area contributed by atoms with Gasteiger partial charge in [0, 0.05) is 17.5 Å². The maximum Gasteiger partial charge on any atom is 0.264 e. The minimum Gasteiger partial charge on any atom is -0.459 e. The van der Waals surface area contributed by atoms with Crippen LogP contribution in [0.4, 0.5) is 5.69 Å². The Kier molecular flexibility index (Phi) is 4.87. The van der Waals surface area contributed by atoms with Crippen LogP contribution in [0.25, 0.3) is 11.0 Å². The smallest absolute Gasteiger partial charge is 0.264 e. The Hall–Kier alpha value is -3.98. The molecule has 3 atom stereocenters. The first-order valence-corrected chi connectivity index (χ1v) is 15.1. The fourth-order valence-electron chi connectivity index (χ4n) is 9.58. The van der Waals surface area contributed by atoms with E-state index in [0.29, 0.717) is 30.0 Å². The molecule has 0 radical (unpaired) electrons. The van der Waals surface area contributed by atoms with E-state index in [-0.39, 0.29) is 29.6 Å². The molecule has 5 fully saturated rings. The monoisotopic (exact) mass is 565 g/mol. The van der Waals surface area contributed by atoms with Gasteiger partial charge in [-0.25, -0.2) is 0 Å². The number of piperidine rings is 1. The van der Waals surface area contributed by atoms with E-state index < -0.39 is 29.7 Å². The first kappa shape index (κ1) is 24.6. The molecule has 4 amide bonds. The Labute approximate surface area is 241 Å². The highest BCUT2D eigenvalue weighted by Crippen LogP contribution is 2.82. The van der Waals surface area contributed by atoms with E-state index in [1.54, 1.807) is 18.2 Å². The summed E-state index contributed by atoms with van der Waals surface area (Å²) in [6, 6.07) is 12.2. The van der Waals surface area contributed by atoms with Gasteiger partial charge in [0.2, 0.25) is 11.8 Å². The number of imide groups is 2. The number of anilines is 1. The van der Waals surface area contributed by atoms with Gasteiger partial charge in [0.25, 0.3) is 11.8 Å². The van der Waals surface area contributed by atoms with Crippen molar-refractivity contribution in [1.82, 2.24) is 10.2 Å². The van der Waals surface area contributed by atoms with Crippen LogP contribution in [0, 0.1) is 23.2 Å². The molecule has 3 aromatic rings. The second-order valence-electron chi connectivity index (χ2n) is 13.3. The average molecular weight is 566 g/mol. The third-order valence-corrected chi connectivity index (χ3v) is 11.4. The average Bonchev–Trinajstić information content (AvgIpc) is 3.67. The number of amides is 4. The second-order valence-corrected chi connectivity index (χ2v) is 13.3. The zero-order chi connectivity index (χ0) is 28.4. The third-order valence-electron chi connectivity index (χ3n) is 11.4. The van der Waals surface area contributed by atoms with Crippen LogP contribution in [0.2, 0.25) is 0 Å². The molecule has 9 rings (SSSR count). The van der Waals surface area contributed by atoms with E-state index in [1.807, 2.05) is 12.1 Å². The van der Waals surface area contributed by atoms with Gasteiger partial charge in [-0.3, -0.25) is 29.4 Å². The Bertz CT molecular complexity index is 1720. The minimum absolute atomic E-state index is 0.0811. The normalized spacial score (nSPS) is 33.9. The van der Waals surface area contributed by atoms with Crippen molar-refractivity contribution in [2.45, 2.75) is 69.7 Å². The van der Waals surface area contributed by atoms with Crippen molar-refractivity contribution in [3.63, 3.8) is 0 Å². The molecule has 1 saturated heterocycles. The fraction of sp³-hybridized carbons (Fsp3) is 0.455. The number of furan rings is 1. The molecule has 3 unspecified atom stereocenters. The lowest BCUT2D eigenvalue weighted by Gasteiger charge is -2.66. The van der Waals surface area contributed by atoms with Gasteiger partial charge in [-0.05, 0) is 97.6 Å². The van der Waals surface area contributed by atoms with Crippen molar-refractivity contribution < 1.29 is 28.3 Å². The van der Waals surface area contributed by atoms with Crippen LogP contribution in [0.1, 0.15) is 77.0 Å². The van der Waals surface area contributed by atoms with E-state index in [0.717, 1.165) is 39.2 Å². The predicted octanol–water partition coefficient (Wildman–Crippen LogP) is 4.54. The molecule has 2 bridgehead atoms. The van der Waals surface area contributed by atoms with Crippen LogP contribution in [-0.4, -0.2) is 40.2 Å². The van der Waals surface area contributed by atoms with Gasteiger partial charge in [0.05, 0.1) is 29.9 Å². The SMILES string of the molecule is O=C1CCC(N2C(=O)c3cccc(NCc4cc5cc(COC67CC8CC9CC(C6)C98C7)ccc5o4)c3C2=O)C(=O)N1. The molecule has 3 heterocycles. The van der Waals surface area contributed by atoms with Gasteiger partial charge in [-0.1, -0.05) is 12.1 Å².